The molecule has 1 aliphatic rings. The quantitative estimate of drug-likeness (QED) is 0.887. The Morgan fingerprint density at radius 3 is 2.71 bits per heavy atom. The van der Waals surface area contributed by atoms with Crippen molar-refractivity contribution in [2.24, 2.45) is 0 Å². The van der Waals surface area contributed by atoms with Crippen LogP contribution in [0.1, 0.15) is 32.3 Å². The predicted molar refractivity (Wildman–Crippen MR) is 80.7 cm³/mol. The predicted octanol–water partition coefficient (Wildman–Crippen LogP) is 1.73. The van der Waals surface area contributed by atoms with E-state index in [9.17, 15) is 9.90 Å². The molecule has 0 saturated carbocycles. The molecular formula is C16H21N3O2. The van der Waals surface area contributed by atoms with Gasteiger partial charge in [0.2, 0.25) is 5.91 Å². The summed E-state index contributed by atoms with van der Waals surface area (Å²) in [4.78, 5) is 14.3. The van der Waals surface area contributed by atoms with Crippen molar-refractivity contribution >= 4 is 11.6 Å². The van der Waals surface area contributed by atoms with Gasteiger partial charge in [0.1, 0.15) is 0 Å². The Morgan fingerprint density at radius 2 is 2.14 bits per heavy atom. The van der Waals surface area contributed by atoms with E-state index >= 15 is 0 Å². The van der Waals surface area contributed by atoms with Crippen LogP contribution in [0.5, 0.6) is 0 Å². The van der Waals surface area contributed by atoms with Gasteiger partial charge in [0.05, 0.1) is 23.3 Å². The lowest BCUT2D eigenvalue weighted by Gasteiger charge is -2.39. The van der Waals surface area contributed by atoms with Crippen molar-refractivity contribution in [3.8, 4) is 6.07 Å². The van der Waals surface area contributed by atoms with Gasteiger partial charge >= 0.3 is 0 Å². The van der Waals surface area contributed by atoms with Gasteiger partial charge in [0.25, 0.3) is 0 Å². The first-order chi connectivity index (χ1) is 9.91. The molecule has 2 atom stereocenters. The molecule has 5 heteroatoms. The molecule has 2 rings (SSSR count). The van der Waals surface area contributed by atoms with E-state index in [0.717, 1.165) is 19.4 Å². The van der Waals surface area contributed by atoms with Gasteiger partial charge in [-0.15, -0.1) is 0 Å². The molecule has 0 aromatic heterocycles. The fraction of sp³-hybridized carbons (Fsp3) is 0.500. The number of anilines is 1. The Balaban J connectivity index is 1.97. The number of β-amino-alcohol motifs (C(OH)–C–C–N with tert-alkyl or cyclic N) is 1. The summed E-state index contributed by atoms with van der Waals surface area (Å²) in [5.74, 6) is -0.0996. The smallest absolute Gasteiger partial charge is 0.241 e. The maximum absolute atomic E-state index is 12.3. The minimum Gasteiger partial charge on any atom is -0.389 e. The number of piperidine rings is 1. The van der Waals surface area contributed by atoms with Crippen LogP contribution in [0.4, 0.5) is 5.69 Å². The molecule has 1 amide bonds. The highest BCUT2D eigenvalue weighted by Gasteiger charge is 2.32. The fourth-order valence-electron chi connectivity index (χ4n) is 2.63. The van der Waals surface area contributed by atoms with Crippen molar-refractivity contribution in [1.29, 1.82) is 5.26 Å². The van der Waals surface area contributed by atoms with E-state index < -0.39 is 5.60 Å². The third kappa shape index (κ3) is 4.03. The molecule has 1 saturated heterocycles. The first-order valence-corrected chi connectivity index (χ1v) is 7.19. The number of carbonyl (C=O) groups is 1. The topological polar surface area (TPSA) is 76.4 Å². The molecule has 0 aliphatic carbocycles. The van der Waals surface area contributed by atoms with Gasteiger partial charge in [-0.1, -0.05) is 0 Å². The minimum absolute atomic E-state index is 0.0996. The molecule has 1 aromatic rings. The third-order valence-corrected chi connectivity index (χ3v) is 3.91. The van der Waals surface area contributed by atoms with E-state index in [1.165, 1.54) is 0 Å². The molecule has 21 heavy (non-hydrogen) atoms. The molecule has 112 valence electrons. The molecule has 1 fully saturated rings. The molecule has 2 N–H and O–H groups in total. The average Bonchev–Trinajstić information content (AvgIpc) is 2.46. The van der Waals surface area contributed by atoms with Crippen molar-refractivity contribution in [2.45, 2.75) is 38.3 Å². The Morgan fingerprint density at radius 1 is 1.48 bits per heavy atom. The summed E-state index contributed by atoms with van der Waals surface area (Å²) in [5, 5.41) is 21.7. The number of amides is 1. The first-order valence-electron chi connectivity index (χ1n) is 7.19. The number of aliphatic hydroxyl groups is 1. The first kappa shape index (κ1) is 15.5. The lowest BCUT2D eigenvalue weighted by Crippen LogP contribution is -2.52. The number of nitriles is 1. The summed E-state index contributed by atoms with van der Waals surface area (Å²) in [6.45, 7) is 4.98. The van der Waals surface area contributed by atoms with Gasteiger partial charge in [-0.05, 0) is 57.5 Å². The Kier molecular flexibility index (Phi) is 4.61. The van der Waals surface area contributed by atoms with Gasteiger partial charge in [-0.2, -0.15) is 5.26 Å². The number of benzene rings is 1. The van der Waals surface area contributed by atoms with E-state index in [-0.39, 0.29) is 11.9 Å². The normalized spacial score (nSPS) is 24.1. The number of rotatable bonds is 3. The van der Waals surface area contributed by atoms with Gasteiger partial charge in [0.15, 0.2) is 0 Å². The highest BCUT2D eigenvalue weighted by atomic mass is 16.3. The summed E-state index contributed by atoms with van der Waals surface area (Å²) in [5.41, 5.74) is 0.518. The highest BCUT2D eigenvalue weighted by molar-refractivity contribution is 5.94. The Hall–Kier alpha value is -1.90. The van der Waals surface area contributed by atoms with Gasteiger partial charge in [0, 0.05) is 12.2 Å². The zero-order valence-electron chi connectivity index (χ0n) is 12.5. The van der Waals surface area contributed by atoms with Crippen LogP contribution in [0.3, 0.4) is 0 Å². The van der Waals surface area contributed by atoms with E-state index in [4.69, 9.17) is 5.26 Å². The summed E-state index contributed by atoms with van der Waals surface area (Å²) >= 11 is 0. The van der Waals surface area contributed by atoms with Crippen LogP contribution in [0, 0.1) is 11.3 Å². The average molecular weight is 287 g/mol. The van der Waals surface area contributed by atoms with Crippen molar-refractivity contribution in [3.63, 3.8) is 0 Å². The number of likely N-dealkylation sites (tertiary alicyclic amines) is 1. The standard InChI is InChI=1S/C16H21N3O2/c1-12(19-9-3-8-16(2,21)11-19)15(20)18-14-6-4-13(10-17)5-7-14/h4-7,12,21H,3,8-9,11H2,1-2H3,(H,18,20). The fourth-order valence-corrected chi connectivity index (χ4v) is 2.63. The molecule has 1 heterocycles. The van der Waals surface area contributed by atoms with Crippen LogP contribution in [-0.4, -0.2) is 40.6 Å². The van der Waals surface area contributed by atoms with E-state index in [1.807, 2.05) is 24.8 Å². The van der Waals surface area contributed by atoms with Crippen molar-refractivity contribution in [3.05, 3.63) is 29.8 Å². The van der Waals surface area contributed by atoms with Crippen LogP contribution >= 0.6 is 0 Å². The maximum Gasteiger partial charge on any atom is 0.241 e. The summed E-state index contributed by atoms with van der Waals surface area (Å²) < 4.78 is 0. The monoisotopic (exact) mass is 287 g/mol. The van der Waals surface area contributed by atoms with E-state index in [0.29, 0.717) is 17.8 Å². The zero-order valence-corrected chi connectivity index (χ0v) is 12.5. The van der Waals surface area contributed by atoms with E-state index in [1.54, 1.807) is 24.3 Å². The maximum atomic E-state index is 12.3. The lowest BCUT2D eigenvalue weighted by atomic mass is 9.94. The minimum atomic E-state index is -0.721. The molecule has 0 bridgehead atoms. The summed E-state index contributed by atoms with van der Waals surface area (Å²) in [7, 11) is 0. The van der Waals surface area contributed by atoms with Crippen molar-refractivity contribution in [2.75, 3.05) is 18.4 Å². The van der Waals surface area contributed by atoms with Crippen LogP contribution in [0.2, 0.25) is 0 Å². The lowest BCUT2D eigenvalue weighted by molar-refractivity contribution is -0.123. The second-order valence-corrected chi connectivity index (χ2v) is 5.93. The molecular weight excluding hydrogens is 266 g/mol. The molecule has 1 aliphatic heterocycles. The molecule has 1 aromatic carbocycles. The Bertz CT molecular complexity index is 546. The van der Waals surface area contributed by atoms with Gasteiger partial charge in [-0.3, -0.25) is 9.69 Å². The van der Waals surface area contributed by atoms with Crippen molar-refractivity contribution < 1.29 is 9.90 Å². The van der Waals surface area contributed by atoms with Crippen LogP contribution in [0.25, 0.3) is 0 Å². The second-order valence-electron chi connectivity index (χ2n) is 5.93. The second kappa shape index (κ2) is 6.25. The van der Waals surface area contributed by atoms with Crippen LogP contribution in [0.15, 0.2) is 24.3 Å². The number of carbonyl (C=O) groups excluding carboxylic acids is 1. The number of nitrogens with one attached hydrogen (secondary N) is 1. The van der Waals surface area contributed by atoms with Gasteiger partial charge < -0.3 is 10.4 Å². The third-order valence-electron chi connectivity index (χ3n) is 3.91. The van der Waals surface area contributed by atoms with E-state index in [2.05, 4.69) is 5.32 Å². The Labute approximate surface area is 125 Å². The van der Waals surface area contributed by atoms with Gasteiger partial charge in [-0.25, -0.2) is 0 Å². The number of hydrogen-bond acceptors (Lipinski definition) is 4. The molecule has 5 nitrogen and oxygen atoms in total. The van der Waals surface area contributed by atoms with Crippen molar-refractivity contribution in [1.82, 2.24) is 4.90 Å². The SMILES string of the molecule is CC(C(=O)Nc1ccc(C#N)cc1)N1CCCC(C)(O)C1. The molecule has 0 spiro atoms. The summed E-state index contributed by atoms with van der Waals surface area (Å²) in [6.07, 6.45) is 1.66. The number of nitrogens with zero attached hydrogens (tertiary/aromatic N) is 2. The zero-order chi connectivity index (χ0) is 15.5. The molecule has 2 unspecified atom stereocenters. The highest BCUT2D eigenvalue weighted by Crippen LogP contribution is 2.22. The largest absolute Gasteiger partial charge is 0.389 e. The molecule has 0 radical (unpaired) electrons. The summed E-state index contributed by atoms with van der Waals surface area (Å²) in [6, 6.07) is 8.52. The van der Waals surface area contributed by atoms with Crippen LogP contribution in [-0.2, 0) is 4.79 Å². The van der Waals surface area contributed by atoms with Crippen LogP contribution < -0.4 is 5.32 Å². The number of hydrogen-bond donors (Lipinski definition) is 2.